The van der Waals surface area contributed by atoms with Crippen molar-refractivity contribution in [1.82, 2.24) is 10.2 Å². The van der Waals surface area contributed by atoms with E-state index in [0.717, 1.165) is 12.3 Å². The maximum atomic E-state index is 11.5. The Labute approximate surface area is 99.6 Å². The number of carbonyl (C=O) groups excluding carboxylic acids is 2. The molecule has 1 atom stereocenters. The minimum absolute atomic E-state index is 0.0409. The molecule has 1 rings (SSSR count). The van der Waals surface area contributed by atoms with Gasteiger partial charge in [0.05, 0.1) is 12.6 Å². The SMILES string of the molecule is CC[C@H](CO)NC(=O)CCN1CCSC1=O. The molecule has 0 radical (unpaired) electrons. The van der Waals surface area contributed by atoms with E-state index >= 15 is 0 Å². The van der Waals surface area contributed by atoms with Crippen LogP contribution in [0.25, 0.3) is 0 Å². The monoisotopic (exact) mass is 246 g/mol. The first kappa shape index (κ1) is 13.3. The van der Waals surface area contributed by atoms with Gasteiger partial charge in [-0.3, -0.25) is 9.59 Å². The highest BCUT2D eigenvalue weighted by Gasteiger charge is 2.21. The fraction of sp³-hybridized carbons (Fsp3) is 0.800. The highest BCUT2D eigenvalue weighted by atomic mass is 32.2. The van der Waals surface area contributed by atoms with Gasteiger partial charge in [0, 0.05) is 25.3 Å². The normalized spacial score (nSPS) is 17.6. The molecule has 1 heterocycles. The lowest BCUT2D eigenvalue weighted by Crippen LogP contribution is -2.38. The highest BCUT2D eigenvalue weighted by molar-refractivity contribution is 8.13. The largest absolute Gasteiger partial charge is 0.394 e. The number of amides is 2. The van der Waals surface area contributed by atoms with Gasteiger partial charge in [-0.2, -0.15) is 0 Å². The summed E-state index contributed by atoms with van der Waals surface area (Å²) in [4.78, 5) is 24.4. The molecule has 0 spiro atoms. The van der Waals surface area contributed by atoms with E-state index in [0.29, 0.717) is 19.4 Å². The fourth-order valence-corrected chi connectivity index (χ4v) is 2.29. The molecule has 0 saturated carbocycles. The number of carbonyl (C=O) groups is 2. The number of nitrogens with zero attached hydrogens (tertiary/aromatic N) is 1. The van der Waals surface area contributed by atoms with Gasteiger partial charge in [-0.05, 0) is 6.42 Å². The Balaban J connectivity index is 2.21. The molecule has 0 aromatic heterocycles. The molecular formula is C10H18N2O3S. The topological polar surface area (TPSA) is 69.6 Å². The first-order valence-corrected chi connectivity index (χ1v) is 6.47. The fourth-order valence-electron chi connectivity index (χ4n) is 1.44. The number of thioether (sulfide) groups is 1. The van der Waals surface area contributed by atoms with Gasteiger partial charge >= 0.3 is 0 Å². The number of hydrogen-bond acceptors (Lipinski definition) is 4. The summed E-state index contributed by atoms with van der Waals surface area (Å²) in [5.41, 5.74) is 0. The van der Waals surface area contributed by atoms with Crippen LogP contribution >= 0.6 is 11.8 Å². The van der Waals surface area contributed by atoms with Crippen molar-refractivity contribution in [2.24, 2.45) is 0 Å². The maximum Gasteiger partial charge on any atom is 0.281 e. The molecule has 5 nitrogen and oxygen atoms in total. The van der Waals surface area contributed by atoms with Gasteiger partial charge in [-0.15, -0.1) is 0 Å². The molecule has 6 heteroatoms. The van der Waals surface area contributed by atoms with Crippen LogP contribution in [0.2, 0.25) is 0 Å². The summed E-state index contributed by atoms with van der Waals surface area (Å²) in [5.74, 6) is 0.708. The van der Waals surface area contributed by atoms with Crippen LogP contribution in [0.1, 0.15) is 19.8 Å². The van der Waals surface area contributed by atoms with Crippen molar-refractivity contribution in [3.05, 3.63) is 0 Å². The summed E-state index contributed by atoms with van der Waals surface area (Å²) in [6.07, 6.45) is 1.02. The molecular weight excluding hydrogens is 228 g/mol. The Morgan fingerprint density at radius 3 is 2.94 bits per heavy atom. The molecule has 0 aromatic carbocycles. The Kier molecular flexibility index (Phi) is 5.62. The van der Waals surface area contributed by atoms with Crippen LogP contribution in [-0.2, 0) is 4.79 Å². The van der Waals surface area contributed by atoms with Crippen molar-refractivity contribution in [1.29, 1.82) is 0 Å². The first-order chi connectivity index (χ1) is 7.67. The summed E-state index contributed by atoms with van der Waals surface area (Å²) >= 11 is 1.30. The Hall–Kier alpha value is -0.750. The Morgan fingerprint density at radius 2 is 2.44 bits per heavy atom. The second kappa shape index (κ2) is 6.75. The van der Waals surface area contributed by atoms with Crippen molar-refractivity contribution in [3.8, 4) is 0 Å². The third-order valence-corrected chi connectivity index (χ3v) is 3.42. The van der Waals surface area contributed by atoms with Crippen LogP contribution in [0, 0.1) is 0 Å². The van der Waals surface area contributed by atoms with E-state index in [1.165, 1.54) is 11.8 Å². The van der Waals surface area contributed by atoms with Crippen molar-refractivity contribution < 1.29 is 14.7 Å². The van der Waals surface area contributed by atoms with E-state index in [1.54, 1.807) is 4.90 Å². The van der Waals surface area contributed by atoms with Gasteiger partial charge in [0.15, 0.2) is 0 Å². The smallest absolute Gasteiger partial charge is 0.281 e. The lowest BCUT2D eigenvalue weighted by atomic mass is 10.2. The molecule has 92 valence electrons. The highest BCUT2D eigenvalue weighted by Crippen LogP contribution is 2.16. The average Bonchev–Trinajstić information content (AvgIpc) is 2.69. The zero-order valence-electron chi connectivity index (χ0n) is 9.44. The standard InChI is InChI=1S/C10H18N2O3S/c1-2-8(7-13)11-9(14)3-4-12-5-6-16-10(12)15/h8,13H,2-7H2,1H3,(H,11,14)/t8-/m1/s1. The van der Waals surface area contributed by atoms with E-state index < -0.39 is 0 Å². The predicted molar refractivity (Wildman–Crippen MR) is 63.4 cm³/mol. The number of aliphatic hydroxyl groups excluding tert-OH is 1. The Bertz CT molecular complexity index is 256. The molecule has 16 heavy (non-hydrogen) atoms. The van der Waals surface area contributed by atoms with Crippen LogP contribution in [0.15, 0.2) is 0 Å². The zero-order chi connectivity index (χ0) is 12.0. The minimum atomic E-state index is -0.170. The van der Waals surface area contributed by atoms with Crippen LogP contribution in [0.4, 0.5) is 4.79 Å². The van der Waals surface area contributed by atoms with E-state index in [9.17, 15) is 9.59 Å². The number of hydrogen-bond donors (Lipinski definition) is 2. The molecule has 1 saturated heterocycles. The van der Waals surface area contributed by atoms with E-state index in [4.69, 9.17) is 5.11 Å². The first-order valence-electron chi connectivity index (χ1n) is 5.49. The van der Waals surface area contributed by atoms with Crippen LogP contribution < -0.4 is 5.32 Å². The molecule has 2 amide bonds. The van der Waals surface area contributed by atoms with E-state index in [2.05, 4.69) is 5.32 Å². The van der Waals surface area contributed by atoms with Gasteiger partial charge in [-0.25, -0.2) is 0 Å². The summed E-state index contributed by atoms with van der Waals surface area (Å²) in [6, 6.07) is -0.170. The predicted octanol–water partition coefficient (Wildman–Crippen LogP) is 0.432. The number of aliphatic hydroxyl groups is 1. The van der Waals surface area contributed by atoms with Crippen molar-refractivity contribution in [2.45, 2.75) is 25.8 Å². The second-order valence-corrected chi connectivity index (χ2v) is 4.75. The lowest BCUT2D eigenvalue weighted by Gasteiger charge is -2.17. The van der Waals surface area contributed by atoms with Gasteiger partial charge < -0.3 is 15.3 Å². The summed E-state index contributed by atoms with van der Waals surface area (Å²) < 4.78 is 0. The number of rotatable bonds is 6. The number of nitrogens with one attached hydrogen (secondary N) is 1. The molecule has 0 aliphatic carbocycles. The van der Waals surface area contributed by atoms with Gasteiger partial charge in [0.25, 0.3) is 5.24 Å². The van der Waals surface area contributed by atoms with E-state index in [-0.39, 0.29) is 23.8 Å². The molecule has 1 aliphatic rings. The van der Waals surface area contributed by atoms with Crippen molar-refractivity contribution in [2.75, 3.05) is 25.4 Å². The summed E-state index contributed by atoms with van der Waals surface area (Å²) in [5, 5.41) is 11.7. The summed E-state index contributed by atoms with van der Waals surface area (Å²) in [7, 11) is 0. The lowest BCUT2D eigenvalue weighted by molar-refractivity contribution is -0.122. The Morgan fingerprint density at radius 1 is 1.69 bits per heavy atom. The third kappa shape index (κ3) is 4.02. The van der Waals surface area contributed by atoms with Gasteiger partial charge in [0.2, 0.25) is 5.91 Å². The molecule has 0 unspecified atom stereocenters. The van der Waals surface area contributed by atoms with Crippen LogP contribution in [-0.4, -0.2) is 52.6 Å². The third-order valence-electron chi connectivity index (χ3n) is 2.53. The molecule has 0 bridgehead atoms. The van der Waals surface area contributed by atoms with Gasteiger partial charge in [0.1, 0.15) is 0 Å². The maximum absolute atomic E-state index is 11.5. The molecule has 1 fully saturated rings. The molecule has 0 aromatic rings. The minimum Gasteiger partial charge on any atom is -0.394 e. The van der Waals surface area contributed by atoms with Crippen LogP contribution in [0.3, 0.4) is 0 Å². The average molecular weight is 246 g/mol. The summed E-state index contributed by atoms with van der Waals surface area (Å²) in [6.45, 7) is 3.07. The molecule has 1 aliphatic heterocycles. The quantitative estimate of drug-likeness (QED) is 0.713. The van der Waals surface area contributed by atoms with Crippen molar-refractivity contribution >= 4 is 22.9 Å². The zero-order valence-corrected chi connectivity index (χ0v) is 10.3. The molecule has 2 N–H and O–H groups in total. The van der Waals surface area contributed by atoms with E-state index in [1.807, 2.05) is 6.92 Å². The van der Waals surface area contributed by atoms with Gasteiger partial charge in [-0.1, -0.05) is 18.7 Å². The van der Waals surface area contributed by atoms with Crippen LogP contribution in [0.5, 0.6) is 0 Å². The van der Waals surface area contributed by atoms with Crippen molar-refractivity contribution in [3.63, 3.8) is 0 Å². The second-order valence-electron chi connectivity index (χ2n) is 3.71.